The number of hydrogen-bond acceptors (Lipinski definition) is 5. The Bertz CT molecular complexity index is 722. The third kappa shape index (κ3) is 3.27. The molecular weight excluding hydrogens is 314 g/mol. The number of carbonyl (C=O) groups is 1. The van der Waals surface area contributed by atoms with Gasteiger partial charge in [0.1, 0.15) is 15.7 Å². The molecule has 1 aliphatic carbocycles. The monoisotopic (exact) mass is 335 g/mol. The summed E-state index contributed by atoms with van der Waals surface area (Å²) in [6.07, 6.45) is 2.49. The van der Waals surface area contributed by atoms with Gasteiger partial charge >= 0.3 is 0 Å². The first kappa shape index (κ1) is 15.7. The summed E-state index contributed by atoms with van der Waals surface area (Å²) in [7, 11) is 0. The lowest BCUT2D eigenvalue weighted by molar-refractivity contribution is -0.119. The van der Waals surface area contributed by atoms with Gasteiger partial charge in [-0.1, -0.05) is 11.8 Å². The van der Waals surface area contributed by atoms with Crippen molar-refractivity contribution in [3.63, 3.8) is 0 Å². The summed E-state index contributed by atoms with van der Waals surface area (Å²) in [5.41, 5.74) is 1.23. The van der Waals surface area contributed by atoms with E-state index in [1.165, 1.54) is 35.0 Å². The van der Waals surface area contributed by atoms with Crippen LogP contribution in [0.4, 0.5) is 0 Å². The number of amides is 1. The largest absolute Gasteiger partial charge is 0.353 e. The Morgan fingerprint density at radius 1 is 1.36 bits per heavy atom. The molecule has 118 valence electrons. The quantitative estimate of drug-likeness (QED) is 0.670. The Balaban J connectivity index is 1.74. The van der Waals surface area contributed by atoms with E-state index in [0.717, 1.165) is 21.1 Å². The Morgan fingerprint density at radius 2 is 2.09 bits per heavy atom. The number of fused-ring (bicyclic) bond motifs is 1. The van der Waals surface area contributed by atoms with Crippen LogP contribution in [0.15, 0.2) is 5.03 Å². The number of aryl methyl sites for hydroxylation is 3. The van der Waals surface area contributed by atoms with Crippen LogP contribution in [0.5, 0.6) is 0 Å². The molecular formula is C16H21N3OS2. The maximum absolute atomic E-state index is 12.1. The number of rotatable bonds is 5. The summed E-state index contributed by atoms with van der Waals surface area (Å²) >= 11 is 3.22. The summed E-state index contributed by atoms with van der Waals surface area (Å²) in [5.74, 6) is 1.96. The Hall–Kier alpha value is -1.14. The molecule has 0 bridgehead atoms. The van der Waals surface area contributed by atoms with Gasteiger partial charge < -0.3 is 5.32 Å². The molecule has 4 nitrogen and oxygen atoms in total. The zero-order valence-corrected chi connectivity index (χ0v) is 15.0. The average molecular weight is 335 g/mol. The van der Waals surface area contributed by atoms with Gasteiger partial charge in [-0.2, -0.15) is 0 Å². The number of aromatic nitrogens is 2. The zero-order valence-electron chi connectivity index (χ0n) is 13.4. The minimum Gasteiger partial charge on any atom is -0.353 e. The van der Waals surface area contributed by atoms with Crippen molar-refractivity contribution in [2.24, 2.45) is 5.92 Å². The molecule has 0 spiro atoms. The van der Waals surface area contributed by atoms with Crippen LogP contribution in [-0.4, -0.2) is 27.7 Å². The van der Waals surface area contributed by atoms with Gasteiger partial charge in [0.05, 0.1) is 5.75 Å². The van der Waals surface area contributed by atoms with Crippen molar-refractivity contribution in [1.29, 1.82) is 0 Å². The molecule has 2 aromatic heterocycles. The molecule has 1 unspecified atom stereocenters. The maximum atomic E-state index is 12.1. The van der Waals surface area contributed by atoms with Gasteiger partial charge in [-0.25, -0.2) is 9.97 Å². The molecule has 2 aromatic rings. The van der Waals surface area contributed by atoms with Crippen LogP contribution in [0.25, 0.3) is 10.2 Å². The molecule has 1 amide bonds. The van der Waals surface area contributed by atoms with Crippen LogP contribution in [-0.2, 0) is 4.79 Å². The highest BCUT2D eigenvalue weighted by Crippen LogP contribution is 2.35. The molecule has 0 aromatic carbocycles. The molecule has 3 rings (SSSR count). The normalized spacial score (nSPS) is 16.0. The van der Waals surface area contributed by atoms with Gasteiger partial charge in [0, 0.05) is 16.3 Å². The summed E-state index contributed by atoms with van der Waals surface area (Å²) in [4.78, 5) is 23.5. The summed E-state index contributed by atoms with van der Waals surface area (Å²) in [5, 5.41) is 5.14. The van der Waals surface area contributed by atoms with Gasteiger partial charge in [-0.05, 0) is 52.0 Å². The number of nitrogens with one attached hydrogen (secondary N) is 1. The summed E-state index contributed by atoms with van der Waals surface area (Å²) in [6.45, 7) is 8.21. The van der Waals surface area contributed by atoms with E-state index in [4.69, 9.17) is 0 Å². The van der Waals surface area contributed by atoms with Crippen molar-refractivity contribution >= 4 is 39.2 Å². The van der Waals surface area contributed by atoms with E-state index in [9.17, 15) is 4.79 Å². The molecule has 0 radical (unpaired) electrons. The second-order valence-electron chi connectivity index (χ2n) is 6.02. The lowest BCUT2D eigenvalue weighted by Crippen LogP contribution is -2.35. The molecule has 22 heavy (non-hydrogen) atoms. The minimum atomic E-state index is 0.0958. The number of thiophene rings is 1. The number of carbonyl (C=O) groups excluding carboxylic acids is 1. The molecule has 1 N–H and O–H groups in total. The fraction of sp³-hybridized carbons (Fsp3) is 0.562. The predicted octanol–water partition coefficient (Wildman–Crippen LogP) is 3.62. The van der Waals surface area contributed by atoms with E-state index in [1.807, 2.05) is 6.92 Å². The van der Waals surface area contributed by atoms with Crippen LogP contribution in [0.2, 0.25) is 0 Å². The first-order valence-electron chi connectivity index (χ1n) is 7.62. The van der Waals surface area contributed by atoms with Gasteiger partial charge in [0.15, 0.2) is 0 Å². The first-order chi connectivity index (χ1) is 10.5. The predicted molar refractivity (Wildman–Crippen MR) is 92.7 cm³/mol. The number of hydrogen-bond donors (Lipinski definition) is 1. The second kappa shape index (κ2) is 6.16. The number of nitrogens with zero attached hydrogens (tertiary/aromatic N) is 2. The van der Waals surface area contributed by atoms with Gasteiger partial charge in [-0.15, -0.1) is 11.3 Å². The molecule has 6 heteroatoms. The van der Waals surface area contributed by atoms with E-state index in [1.54, 1.807) is 11.3 Å². The van der Waals surface area contributed by atoms with Crippen molar-refractivity contribution in [2.45, 2.75) is 51.6 Å². The Kier molecular flexibility index (Phi) is 4.41. The van der Waals surface area contributed by atoms with Crippen LogP contribution in [0.3, 0.4) is 0 Å². The average Bonchev–Trinajstić information content (AvgIpc) is 3.24. The van der Waals surface area contributed by atoms with Crippen molar-refractivity contribution in [2.75, 3.05) is 5.75 Å². The fourth-order valence-corrected chi connectivity index (χ4v) is 4.64. The highest BCUT2D eigenvalue weighted by molar-refractivity contribution is 8.00. The van der Waals surface area contributed by atoms with E-state index >= 15 is 0 Å². The molecule has 1 atom stereocenters. The van der Waals surface area contributed by atoms with Gasteiger partial charge in [0.2, 0.25) is 5.91 Å². The first-order valence-corrected chi connectivity index (χ1v) is 9.42. The third-order valence-electron chi connectivity index (χ3n) is 4.17. The topological polar surface area (TPSA) is 54.9 Å². The van der Waals surface area contributed by atoms with Crippen molar-refractivity contribution in [3.8, 4) is 0 Å². The highest BCUT2D eigenvalue weighted by Gasteiger charge is 2.28. The lowest BCUT2D eigenvalue weighted by atomic mass is 10.2. The second-order valence-corrected chi connectivity index (χ2v) is 8.19. The smallest absolute Gasteiger partial charge is 0.230 e. The Morgan fingerprint density at radius 3 is 2.77 bits per heavy atom. The van der Waals surface area contributed by atoms with Crippen LogP contribution in [0, 0.1) is 26.7 Å². The Labute approximate surface area is 139 Å². The molecule has 1 aliphatic rings. The van der Waals surface area contributed by atoms with E-state index in [0.29, 0.717) is 17.7 Å². The molecule has 1 saturated carbocycles. The van der Waals surface area contributed by atoms with Crippen LogP contribution >= 0.6 is 23.1 Å². The molecule has 2 heterocycles. The lowest BCUT2D eigenvalue weighted by Gasteiger charge is -2.12. The molecule has 0 saturated heterocycles. The summed E-state index contributed by atoms with van der Waals surface area (Å²) in [6, 6.07) is 0.297. The number of thioether (sulfide) groups is 1. The van der Waals surface area contributed by atoms with Crippen molar-refractivity contribution < 1.29 is 4.79 Å². The maximum Gasteiger partial charge on any atom is 0.230 e. The molecule has 0 aliphatic heterocycles. The van der Waals surface area contributed by atoms with Crippen LogP contribution < -0.4 is 5.32 Å². The highest BCUT2D eigenvalue weighted by atomic mass is 32.2. The SMILES string of the molecule is Cc1nc(SCC(=O)NC(C)C2CC2)c2c(C)c(C)sc2n1. The standard InChI is InChI=1S/C16H21N3OS2/c1-8-10(3)22-16-14(8)15(18-11(4)19-16)21-7-13(20)17-9(2)12-5-6-12/h9,12H,5-7H2,1-4H3,(H,17,20). The van der Waals surface area contributed by atoms with Crippen molar-refractivity contribution in [1.82, 2.24) is 15.3 Å². The summed E-state index contributed by atoms with van der Waals surface area (Å²) < 4.78 is 0. The fourth-order valence-electron chi connectivity index (χ4n) is 2.56. The molecule has 1 fully saturated rings. The third-order valence-corrected chi connectivity index (χ3v) is 6.24. The van der Waals surface area contributed by atoms with E-state index in [2.05, 4.69) is 36.1 Å². The van der Waals surface area contributed by atoms with Gasteiger partial charge in [0.25, 0.3) is 0 Å². The van der Waals surface area contributed by atoms with Crippen LogP contribution in [0.1, 0.15) is 36.0 Å². The zero-order chi connectivity index (χ0) is 15.9. The minimum absolute atomic E-state index is 0.0958. The van der Waals surface area contributed by atoms with E-state index < -0.39 is 0 Å². The van der Waals surface area contributed by atoms with E-state index in [-0.39, 0.29) is 5.91 Å². The van der Waals surface area contributed by atoms with Gasteiger partial charge in [-0.3, -0.25) is 4.79 Å². The van der Waals surface area contributed by atoms with Crippen molar-refractivity contribution in [3.05, 3.63) is 16.3 Å².